The molecule has 1 aliphatic rings. The van der Waals surface area contributed by atoms with Gasteiger partial charge in [0.1, 0.15) is 0 Å². The Labute approximate surface area is 85.6 Å². The van der Waals surface area contributed by atoms with Crippen molar-refractivity contribution in [2.45, 2.75) is 25.8 Å². The highest BCUT2D eigenvalue weighted by atomic mass is 32.2. The average molecular weight is 221 g/mol. The van der Waals surface area contributed by atoms with E-state index in [-0.39, 0.29) is 24.3 Å². The third kappa shape index (κ3) is 3.55. The zero-order valence-corrected chi connectivity index (χ0v) is 9.39. The minimum absolute atomic E-state index is 0.0978. The van der Waals surface area contributed by atoms with Crippen molar-refractivity contribution in [3.8, 4) is 0 Å². The van der Waals surface area contributed by atoms with Gasteiger partial charge in [0.15, 0.2) is 9.84 Å². The number of sulfone groups is 1. The van der Waals surface area contributed by atoms with Gasteiger partial charge in [-0.15, -0.1) is 0 Å². The van der Waals surface area contributed by atoms with Crippen molar-refractivity contribution >= 4 is 9.84 Å². The van der Waals surface area contributed by atoms with Gasteiger partial charge in [0, 0.05) is 19.2 Å². The van der Waals surface area contributed by atoms with Gasteiger partial charge < -0.3 is 10.4 Å². The molecular formula is C9H19NO3S. The lowest BCUT2D eigenvalue weighted by Crippen LogP contribution is -2.35. The first kappa shape index (κ1) is 11.9. The molecule has 1 saturated heterocycles. The number of hydrogen-bond acceptors (Lipinski definition) is 4. The molecular weight excluding hydrogens is 202 g/mol. The summed E-state index contributed by atoms with van der Waals surface area (Å²) in [5.41, 5.74) is 0. The number of aliphatic hydroxyl groups is 1. The molecule has 2 atom stereocenters. The Bertz CT molecular complexity index is 259. The second kappa shape index (κ2) is 5.09. The van der Waals surface area contributed by atoms with Crippen LogP contribution in [0.4, 0.5) is 0 Å². The first-order chi connectivity index (χ1) is 6.57. The van der Waals surface area contributed by atoms with E-state index in [1.54, 1.807) is 0 Å². The van der Waals surface area contributed by atoms with Crippen molar-refractivity contribution in [3.05, 3.63) is 0 Å². The maximum absolute atomic E-state index is 11.1. The van der Waals surface area contributed by atoms with Crippen molar-refractivity contribution in [2.24, 2.45) is 5.92 Å². The number of hydrogen-bond donors (Lipinski definition) is 2. The molecule has 0 saturated carbocycles. The van der Waals surface area contributed by atoms with Gasteiger partial charge in [-0.2, -0.15) is 0 Å². The van der Waals surface area contributed by atoms with E-state index < -0.39 is 9.84 Å². The van der Waals surface area contributed by atoms with E-state index in [4.69, 9.17) is 5.11 Å². The van der Waals surface area contributed by atoms with Gasteiger partial charge in [-0.3, -0.25) is 0 Å². The normalized spacial score (nSPS) is 27.7. The molecule has 84 valence electrons. The molecule has 0 aromatic heterocycles. The molecule has 1 rings (SSSR count). The SMILES string of the molecule is CCC(CO)CNC1CCS(=O)(=O)C1. The molecule has 2 unspecified atom stereocenters. The molecule has 14 heavy (non-hydrogen) atoms. The number of nitrogens with one attached hydrogen (secondary N) is 1. The zero-order valence-electron chi connectivity index (χ0n) is 8.57. The highest BCUT2D eigenvalue weighted by molar-refractivity contribution is 7.91. The fourth-order valence-corrected chi connectivity index (χ4v) is 3.34. The van der Waals surface area contributed by atoms with Crippen LogP contribution in [0, 0.1) is 5.92 Å². The van der Waals surface area contributed by atoms with Gasteiger partial charge in [-0.1, -0.05) is 6.92 Å². The number of rotatable bonds is 5. The largest absolute Gasteiger partial charge is 0.396 e. The fraction of sp³-hybridized carbons (Fsp3) is 1.00. The Morgan fingerprint density at radius 3 is 2.71 bits per heavy atom. The minimum atomic E-state index is -2.78. The summed E-state index contributed by atoms with van der Waals surface area (Å²) in [5.74, 6) is 0.813. The average Bonchev–Trinajstić information content (AvgIpc) is 2.47. The topological polar surface area (TPSA) is 66.4 Å². The second-order valence-electron chi connectivity index (χ2n) is 3.97. The predicted molar refractivity (Wildman–Crippen MR) is 55.9 cm³/mol. The molecule has 0 aromatic carbocycles. The van der Waals surface area contributed by atoms with Crippen LogP contribution in [0.25, 0.3) is 0 Å². The van der Waals surface area contributed by atoms with E-state index in [0.717, 1.165) is 6.42 Å². The summed E-state index contributed by atoms with van der Waals surface area (Å²) in [4.78, 5) is 0. The van der Waals surface area contributed by atoms with E-state index in [9.17, 15) is 8.42 Å². The van der Waals surface area contributed by atoms with Crippen molar-refractivity contribution in [1.82, 2.24) is 5.32 Å². The van der Waals surface area contributed by atoms with Crippen LogP contribution in [-0.2, 0) is 9.84 Å². The molecule has 5 heteroatoms. The fourth-order valence-electron chi connectivity index (χ4n) is 1.63. The van der Waals surface area contributed by atoms with E-state index in [2.05, 4.69) is 5.32 Å². The predicted octanol–water partition coefficient (Wildman–Crippen LogP) is -0.218. The first-order valence-electron chi connectivity index (χ1n) is 5.12. The molecule has 0 bridgehead atoms. The standard InChI is InChI=1S/C9H19NO3S/c1-2-8(6-11)5-10-9-3-4-14(12,13)7-9/h8-11H,2-7H2,1H3. The van der Waals surface area contributed by atoms with Crippen LogP contribution < -0.4 is 5.32 Å². The van der Waals surface area contributed by atoms with Crippen molar-refractivity contribution in [3.63, 3.8) is 0 Å². The van der Waals surface area contributed by atoms with Crippen molar-refractivity contribution < 1.29 is 13.5 Å². The molecule has 4 nitrogen and oxygen atoms in total. The van der Waals surface area contributed by atoms with E-state index in [1.807, 2.05) is 6.92 Å². The Kier molecular flexibility index (Phi) is 4.34. The van der Waals surface area contributed by atoms with Gasteiger partial charge in [-0.25, -0.2) is 8.42 Å². The van der Waals surface area contributed by atoms with Crippen LogP contribution in [0.2, 0.25) is 0 Å². The van der Waals surface area contributed by atoms with E-state index in [1.165, 1.54) is 0 Å². The molecule has 0 aliphatic carbocycles. The third-order valence-electron chi connectivity index (χ3n) is 2.76. The summed E-state index contributed by atoms with van der Waals surface area (Å²) in [5, 5.41) is 12.1. The molecule has 1 aliphatic heterocycles. The summed E-state index contributed by atoms with van der Waals surface area (Å²) >= 11 is 0. The second-order valence-corrected chi connectivity index (χ2v) is 6.19. The lowest BCUT2D eigenvalue weighted by Gasteiger charge is -2.16. The van der Waals surface area contributed by atoms with Crippen LogP contribution in [-0.4, -0.2) is 44.2 Å². The molecule has 0 amide bonds. The highest BCUT2D eigenvalue weighted by Gasteiger charge is 2.27. The molecule has 1 heterocycles. The molecule has 0 spiro atoms. The molecule has 2 N–H and O–H groups in total. The summed E-state index contributed by atoms with van der Waals surface area (Å²) in [6.07, 6.45) is 1.63. The van der Waals surface area contributed by atoms with Crippen LogP contribution >= 0.6 is 0 Å². The van der Waals surface area contributed by atoms with Crippen LogP contribution in [0.15, 0.2) is 0 Å². The Balaban J connectivity index is 2.26. The molecule has 1 fully saturated rings. The van der Waals surface area contributed by atoms with E-state index in [0.29, 0.717) is 18.7 Å². The summed E-state index contributed by atoms with van der Waals surface area (Å²) in [6.45, 7) is 2.91. The Morgan fingerprint density at radius 1 is 1.57 bits per heavy atom. The van der Waals surface area contributed by atoms with E-state index >= 15 is 0 Å². The monoisotopic (exact) mass is 221 g/mol. The van der Waals surface area contributed by atoms with Crippen molar-refractivity contribution in [2.75, 3.05) is 24.7 Å². The van der Waals surface area contributed by atoms with Gasteiger partial charge in [0.25, 0.3) is 0 Å². The summed E-state index contributed by atoms with van der Waals surface area (Å²) < 4.78 is 22.3. The Hall–Kier alpha value is -0.130. The van der Waals surface area contributed by atoms with Crippen LogP contribution in [0.1, 0.15) is 19.8 Å². The molecule has 0 aromatic rings. The Morgan fingerprint density at radius 2 is 2.29 bits per heavy atom. The highest BCUT2D eigenvalue weighted by Crippen LogP contribution is 2.11. The minimum Gasteiger partial charge on any atom is -0.396 e. The van der Waals surface area contributed by atoms with Crippen LogP contribution in [0.5, 0.6) is 0 Å². The lowest BCUT2D eigenvalue weighted by molar-refractivity contribution is 0.216. The summed E-state index contributed by atoms with van der Waals surface area (Å²) in [6, 6.07) is 0.0978. The molecule has 0 radical (unpaired) electrons. The summed E-state index contributed by atoms with van der Waals surface area (Å²) in [7, 11) is -2.78. The van der Waals surface area contributed by atoms with Crippen molar-refractivity contribution in [1.29, 1.82) is 0 Å². The van der Waals surface area contributed by atoms with Gasteiger partial charge in [0.2, 0.25) is 0 Å². The van der Waals surface area contributed by atoms with Gasteiger partial charge in [-0.05, 0) is 18.8 Å². The van der Waals surface area contributed by atoms with Crippen LogP contribution in [0.3, 0.4) is 0 Å². The maximum atomic E-state index is 11.1. The smallest absolute Gasteiger partial charge is 0.151 e. The zero-order chi connectivity index (χ0) is 10.6. The van der Waals surface area contributed by atoms with Gasteiger partial charge in [0.05, 0.1) is 11.5 Å². The van der Waals surface area contributed by atoms with Gasteiger partial charge >= 0.3 is 0 Å². The first-order valence-corrected chi connectivity index (χ1v) is 6.94. The number of aliphatic hydroxyl groups excluding tert-OH is 1. The lowest BCUT2D eigenvalue weighted by atomic mass is 10.1. The third-order valence-corrected chi connectivity index (χ3v) is 4.53. The maximum Gasteiger partial charge on any atom is 0.151 e. The quantitative estimate of drug-likeness (QED) is 0.673.